The molecule has 1 rings (SSSR count). The molecule has 0 saturated heterocycles. The Morgan fingerprint density at radius 2 is 2.25 bits per heavy atom. The van der Waals surface area contributed by atoms with Crippen LogP contribution in [0.5, 0.6) is 5.88 Å². The van der Waals surface area contributed by atoms with Crippen LogP contribution in [0.1, 0.15) is 13.8 Å². The molecule has 0 aromatic carbocycles. The highest BCUT2D eigenvalue weighted by Gasteiger charge is 2.16. The number of hydrogen-bond donors (Lipinski definition) is 2. The first-order chi connectivity index (χ1) is 7.48. The number of aliphatic hydroxyl groups is 1. The summed E-state index contributed by atoms with van der Waals surface area (Å²) in [6.45, 7) is 4.61. The molecule has 1 aromatic heterocycles. The van der Waals surface area contributed by atoms with E-state index in [2.05, 4.69) is 31.2 Å². The molecule has 0 aliphatic carbocycles. The zero-order chi connectivity index (χ0) is 12.2. The highest BCUT2D eigenvalue weighted by Crippen LogP contribution is 2.22. The highest BCUT2D eigenvalue weighted by molar-refractivity contribution is 9.10. The van der Waals surface area contributed by atoms with Crippen LogP contribution in [0.3, 0.4) is 0 Å². The van der Waals surface area contributed by atoms with Crippen molar-refractivity contribution >= 4 is 21.9 Å². The third-order valence-corrected chi connectivity index (χ3v) is 2.60. The number of methoxy groups -OCH3 is 1. The van der Waals surface area contributed by atoms with Crippen molar-refractivity contribution in [1.29, 1.82) is 0 Å². The van der Waals surface area contributed by atoms with E-state index in [1.807, 2.05) is 13.8 Å². The SMILES string of the molecule is COc1nc(NCC(C)(C)CO)ncc1Br. The van der Waals surface area contributed by atoms with Crippen LogP contribution < -0.4 is 10.1 Å². The van der Waals surface area contributed by atoms with E-state index in [0.29, 0.717) is 22.8 Å². The fourth-order valence-corrected chi connectivity index (χ4v) is 1.31. The van der Waals surface area contributed by atoms with Gasteiger partial charge in [0.1, 0.15) is 0 Å². The van der Waals surface area contributed by atoms with Crippen molar-refractivity contribution < 1.29 is 9.84 Å². The fraction of sp³-hybridized carbons (Fsp3) is 0.600. The quantitative estimate of drug-likeness (QED) is 0.863. The van der Waals surface area contributed by atoms with Gasteiger partial charge in [0, 0.05) is 18.6 Å². The molecule has 1 aromatic rings. The lowest BCUT2D eigenvalue weighted by atomic mass is 9.95. The summed E-state index contributed by atoms with van der Waals surface area (Å²) in [6, 6.07) is 0. The Balaban J connectivity index is 2.68. The van der Waals surface area contributed by atoms with E-state index in [4.69, 9.17) is 9.84 Å². The summed E-state index contributed by atoms with van der Waals surface area (Å²) in [7, 11) is 1.55. The van der Waals surface area contributed by atoms with E-state index in [9.17, 15) is 0 Å². The van der Waals surface area contributed by atoms with Crippen molar-refractivity contribution in [3.05, 3.63) is 10.7 Å². The van der Waals surface area contributed by atoms with E-state index in [-0.39, 0.29) is 12.0 Å². The van der Waals surface area contributed by atoms with Crippen LogP contribution in [0.2, 0.25) is 0 Å². The molecule has 0 fully saturated rings. The minimum Gasteiger partial charge on any atom is -0.480 e. The minimum absolute atomic E-state index is 0.105. The molecular formula is C10H16BrN3O2. The molecule has 2 N–H and O–H groups in total. The van der Waals surface area contributed by atoms with Crippen molar-refractivity contribution in [2.75, 3.05) is 25.6 Å². The van der Waals surface area contributed by atoms with Crippen LogP contribution in [0, 0.1) is 5.41 Å². The zero-order valence-corrected chi connectivity index (χ0v) is 11.2. The topological polar surface area (TPSA) is 67.3 Å². The second kappa shape index (κ2) is 5.45. The van der Waals surface area contributed by atoms with Crippen molar-refractivity contribution in [3.63, 3.8) is 0 Å². The van der Waals surface area contributed by atoms with Gasteiger partial charge in [-0.1, -0.05) is 13.8 Å². The Morgan fingerprint density at radius 1 is 1.56 bits per heavy atom. The summed E-state index contributed by atoms with van der Waals surface area (Å²) in [5, 5.41) is 12.2. The number of rotatable bonds is 5. The number of ether oxygens (including phenoxy) is 1. The van der Waals surface area contributed by atoms with Crippen molar-refractivity contribution in [1.82, 2.24) is 9.97 Å². The molecule has 5 nitrogen and oxygen atoms in total. The van der Waals surface area contributed by atoms with Gasteiger partial charge in [0.05, 0.1) is 17.8 Å². The maximum absolute atomic E-state index is 9.10. The molecular weight excluding hydrogens is 274 g/mol. The van der Waals surface area contributed by atoms with E-state index in [1.165, 1.54) is 0 Å². The predicted molar refractivity (Wildman–Crippen MR) is 65.6 cm³/mol. The molecule has 0 bridgehead atoms. The van der Waals surface area contributed by atoms with Gasteiger partial charge < -0.3 is 15.2 Å². The molecule has 0 spiro atoms. The molecule has 90 valence electrons. The van der Waals surface area contributed by atoms with Crippen LogP contribution in [0.15, 0.2) is 10.7 Å². The summed E-state index contributed by atoms with van der Waals surface area (Å²) in [5.74, 6) is 0.973. The Labute approximate surface area is 103 Å². The second-order valence-electron chi connectivity index (χ2n) is 4.23. The van der Waals surface area contributed by atoms with Crippen LogP contribution in [-0.2, 0) is 0 Å². The number of aliphatic hydroxyl groups excluding tert-OH is 1. The largest absolute Gasteiger partial charge is 0.480 e. The molecule has 6 heteroatoms. The molecule has 0 unspecified atom stereocenters. The number of hydrogen-bond acceptors (Lipinski definition) is 5. The smallest absolute Gasteiger partial charge is 0.232 e. The van der Waals surface area contributed by atoms with Crippen molar-refractivity contribution in [3.8, 4) is 5.88 Å². The Kier molecular flexibility index (Phi) is 4.49. The van der Waals surface area contributed by atoms with E-state index in [0.717, 1.165) is 0 Å². The Bertz CT molecular complexity index is 358. The minimum atomic E-state index is -0.205. The normalized spacial score (nSPS) is 11.3. The van der Waals surface area contributed by atoms with Gasteiger partial charge in [0.25, 0.3) is 0 Å². The highest BCUT2D eigenvalue weighted by atomic mass is 79.9. The first-order valence-electron chi connectivity index (χ1n) is 4.90. The average Bonchev–Trinajstić information content (AvgIpc) is 2.28. The zero-order valence-electron chi connectivity index (χ0n) is 9.62. The third kappa shape index (κ3) is 3.61. The second-order valence-corrected chi connectivity index (χ2v) is 5.08. The number of anilines is 1. The summed E-state index contributed by atoms with van der Waals surface area (Å²) >= 11 is 3.28. The van der Waals surface area contributed by atoms with Crippen LogP contribution in [0.4, 0.5) is 5.95 Å². The van der Waals surface area contributed by atoms with Gasteiger partial charge in [-0.3, -0.25) is 0 Å². The maximum atomic E-state index is 9.10. The monoisotopic (exact) mass is 289 g/mol. The summed E-state index contributed by atoms with van der Waals surface area (Å²) in [4.78, 5) is 8.25. The third-order valence-electron chi connectivity index (χ3n) is 2.06. The summed E-state index contributed by atoms with van der Waals surface area (Å²) < 4.78 is 5.77. The number of nitrogens with zero attached hydrogens (tertiary/aromatic N) is 2. The molecule has 0 radical (unpaired) electrons. The predicted octanol–water partition coefficient (Wildman–Crippen LogP) is 1.68. The van der Waals surface area contributed by atoms with E-state index in [1.54, 1.807) is 13.3 Å². The van der Waals surface area contributed by atoms with Crippen LogP contribution >= 0.6 is 15.9 Å². The molecule has 0 atom stereocenters. The van der Waals surface area contributed by atoms with Gasteiger partial charge in [-0.25, -0.2) is 4.98 Å². The van der Waals surface area contributed by atoms with Gasteiger partial charge in [0.15, 0.2) is 0 Å². The molecule has 1 heterocycles. The lowest BCUT2D eigenvalue weighted by molar-refractivity contribution is 0.170. The summed E-state index contributed by atoms with van der Waals surface area (Å²) in [6.07, 6.45) is 1.63. The van der Waals surface area contributed by atoms with Crippen molar-refractivity contribution in [2.45, 2.75) is 13.8 Å². The standard InChI is InChI=1S/C10H16BrN3O2/c1-10(2,6-15)5-13-9-12-4-7(11)8(14-9)16-3/h4,15H,5-6H2,1-3H3,(H,12,13,14). The summed E-state index contributed by atoms with van der Waals surface area (Å²) in [5.41, 5.74) is -0.205. The number of aromatic nitrogens is 2. The Morgan fingerprint density at radius 3 is 2.81 bits per heavy atom. The Hall–Kier alpha value is -0.880. The maximum Gasteiger partial charge on any atom is 0.232 e. The van der Waals surface area contributed by atoms with Gasteiger partial charge in [-0.05, 0) is 15.9 Å². The average molecular weight is 290 g/mol. The first-order valence-corrected chi connectivity index (χ1v) is 5.69. The lowest BCUT2D eigenvalue weighted by Crippen LogP contribution is -2.27. The van der Waals surface area contributed by atoms with E-state index >= 15 is 0 Å². The van der Waals surface area contributed by atoms with Gasteiger partial charge in [0.2, 0.25) is 11.8 Å². The fourth-order valence-electron chi connectivity index (χ4n) is 0.954. The molecule has 0 aliphatic heterocycles. The van der Waals surface area contributed by atoms with Crippen molar-refractivity contribution in [2.24, 2.45) is 5.41 Å². The van der Waals surface area contributed by atoms with Crippen LogP contribution in [-0.4, -0.2) is 35.3 Å². The first kappa shape index (κ1) is 13.2. The van der Waals surface area contributed by atoms with Gasteiger partial charge >= 0.3 is 0 Å². The van der Waals surface area contributed by atoms with E-state index < -0.39 is 0 Å². The molecule has 0 aliphatic rings. The lowest BCUT2D eigenvalue weighted by Gasteiger charge is -2.21. The van der Waals surface area contributed by atoms with Crippen LogP contribution in [0.25, 0.3) is 0 Å². The number of halogens is 1. The van der Waals surface area contributed by atoms with Gasteiger partial charge in [-0.2, -0.15) is 4.98 Å². The number of nitrogens with one attached hydrogen (secondary N) is 1. The molecule has 0 amide bonds. The molecule has 16 heavy (non-hydrogen) atoms. The molecule has 0 saturated carbocycles. The van der Waals surface area contributed by atoms with Gasteiger partial charge in [-0.15, -0.1) is 0 Å².